The number of carbonyl (C=O) groups is 3. The van der Waals surface area contributed by atoms with Gasteiger partial charge in [0.1, 0.15) is 18.7 Å². The van der Waals surface area contributed by atoms with Crippen molar-refractivity contribution in [1.29, 1.82) is 0 Å². The molecule has 0 saturated heterocycles. The maximum atomic E-state index is 12.6. The van der Waals surface area contributed by atoms with Gasteiger partial charge in [0.05, 0.1) is 6.10 Å². The van der Waals surface area contributed by atoms with Crippen molar-refractivity contribution in [3.63, 3.8) is 0 Å². The van der Waals surface area contributed by atoms with Crippen LogP contribution in [-0.2, 0) is 20.9 Å². The Bertz CT molecular complexity index is 659. The highest BCUT2D eigenvalue weighted by Gasteiger charge is 2.33. The Morgan fingerprint density at radius 1 is 1.14 bits per heavy atom. The molecule has 0 spiro atoms. The maximum absolute atomic E-state index is 12.6. The fraction of sp³-hybridized carbons (Fsp3) is 0.550. The van der Waals surface area contributed by atoms with Gasteiger partial charge in [0.15, 0.2) is 0 Å². The molecule has 0 heterocycles. The van der Waals surface area contributed by atoms with E-state index in [4.69, 9.17) is 10.5 Å². The molecule has 0 aromatic heterocycles. The van der Waals surface area contributed by atoms with Crippen molar-refractivity contribution in [2.24, 2.45) is 11.7 Å². The second kappa shape index (κ2) is 10.7. The number of carbonyl (C=O) groups excluding carboxylic acids is 3. The lowest BCUT2D eigenvalue weighted by atomic mass is 9.83. The van der Waals surface area contributed by atoms with E-state index >= 15 is 0 Å². The van der Waals surface area contributed by atoms with Gasteiger partial charge >= 0.3 is 6.09 Å². The van der Waals surface area contributed by atoms with Gasteiger partial charge in [-0.15, -0.1) is 0 Å². The summed E-state index contributed by atoms with van der Waals surface area (Å²) >= 11 is 0. The first-order valence-electron chi connectivity index (χ1n) is 9.63. The van der Waals surface area contributed by atoms with Crippen molar-refractivity contribution in [2.45, 2.75) is 63.8 Å². The molecule has 5 N–H and O–H groups in total. The van der Waals surface area contributed by atoms with Gasteiger partial charge in [0.25, 0.3) is 0 Å². The Hall–Kier alpha value is -2.61. The van der Waals surface area contributed by atoms with Crippen LogP contribution in [0.3, 0.4) is 0 Å². The molecule has 3 atom stereocenters. The summed E-state index contributed by atoms with van der Waals surface area (Å²) in [5.74, 6) is -1.31. The number of aliphatic hydroxyl groups is 1. The highest BCUT2D eigenvalue weighted by molar-refractivity contribution is 5.91. The minimum Gasteiger partial charge on any atom is -0.445 e. The highest BCUT2D eigenvalue weighted by Crippen LogP contribution is 2.26. The minimum absolute atomic E-state index is 0.0325. The van der Waals surface area contributed by atoms with E-state index in [2.05, 4.69) is 10.6 Å². The summed E-state index contributed by atoms with van der Waals surface area (Å²) in [4.78, 5) is 36.5. The number of rotatable bonds is 8. The Balaban J connectivity index is 1.94. The summed E-state index contributed by atoms with van der Waals surface area (Å²) < 4.78 is 5.09. The Kier molecular flexibility index (Phi) is 8.25. The zero-order chi connectivity index (χ0) is 20.5. The number of hydrogen-bond acceptors (Lipinski definition) is 5. The fourth-order valence-corrected chi connectivity index (χ4v) is 3.43. The first kappa shape index (κ1) is 21.7. The molecule has 0 unspecified atom stereocenters. The largest absolute Gasteiger partial charge is 0.445 e. The van der Waals surface area contributed by atoms with Crippen LogP contribution in [0.5, 0.6) is 0 Å². The number of nitrogens with two attached hydrogens (primary N) is 1. The quantitative estimate of drug-likeness (QED) is 0.529. The van der Waals surface area contributed by atoms with Gasteiger partial charge in [0, 0.05) is 0 Å². The fourth-order valence-electron chi connectivity index (χ4n) is 3.43. The monoisotopic (exact) mass is 391 g/mol. The number of aliphatic hydroxyl groups excluding tert-OH is 1. The number of hydrogen-bond donors (Lipinski definition) is 4. The third-order valence-electron chi connectivity index (χ3n) is 4.98. The number of alkyl carbamates (subject to hydrolysis) is 1. The number of benzene rings is 1. The smallest absolute Gasteiger partial charge is 0.408 e. The lowest BCUT2D eigenvalue weighted by molar-refractivity contribution is -0.131. The molecule has 1 aromatic rings. The van der Waals surface area contributed by atoms with Crippen molar-refractivity contribution in [3.05, 3.63) is 35.9 Å². The molecule has 0 radical (unpaired) electrons. The summed E-state index contributed by atoms with van der Waals surface area (Å²) in [5, 5.41) is 14.9. The zero-order valence-electron chi connectivity index (χ0n) is 16.1. The first-order valence-corrected chi connectivity index (χ1v) is 9.63. The van der Waals surface area contributed by atoms with Crippen LogP contribution in [0.15, 0.2) is 30.3 Å². The van der Waals surface area contributed by atoms with Gasteiger partial charge in [0.2, 0.25) is 11.8 Å². The SMILES string of the molecule is C[C@@H](O)[C@H](NC(=O)OCc1ccccc1)C(=O)N[C@@H](C(N)=O)C1CCCCC1. The van der Waals surface area contributed by atoms with Crippen molar-refractivity contribution in [1.82, 2.24) is 10.6 Å². The third kappa shape index (κ3) is 6.53. The average molecular weight is 391 g/mol. The van der Waals surface area contributed by atoms with E-state index in [1.54, 1.807) is 12.1 Å². The molecule has 8 heteroatoms. The van der Waals surface area contributed by atoms with Crippen LogP contribution in [0.4, 0.5) is 4.79 Å². The van der Waals surface area contributed by atoms with Gasteiger partial charge in [-0.1, -0.05) is 49.6 Å². The molecule has 0 aliphatic heterocycles. The van der Waals surface area contributed by atoms with E-state index in [9.17, 15) is 19.5 Å². The van der Waals surface area contributed by atoms with Crippen LogP contribution in [0.25, 0.3) is 0 Å². The molecule has 2 rings (SSSR count). The Morgan fingerprint density at radius 2 is 1.79 bits per heavy atom. The molecular weight excluding hydrogens is 362 g/mol. The molecular formula is C20H29N3O5. The van der Waals surface area contributed by atoms with Crippen LogP contribution in [0.1, 0.15) is 44.6 Å². The summed E-state index contributed by atoms with van der Waals surface area (Å²) in [6.07, 6.45) is 2.66. The molecule has 1 aliphatic carbocycles. The molecule has 28 heavy (non-hydrogen) atoms. The van der Waals surface area contributed by atoms with Gasteiger partial charge in [-0.25, -0.2) is 4.79 Å². The topological polar surface area (TPSA) is 131 Å². The Morgan fingerprint density at radius 3 is 2.36 bits per heavy atom. The van der Waals surface area contributed by atoms with Gasteiger partial charge in [-0.05, 0) is 31.2 Å². The van der Waals surface area contributed by atoms with E-state index < -0.39 is 36.1 Å². The normalized spacial score (nSPS) is 17.8. The second-order valence-corrected chi connectivity index (χ2v) is 7.21. The zero-order valence-corrected chi connectivity index (χ0v) is 16.1. The average Bonchev–Trinajstić information content (AvgIpc) is 2.69. The molecule has 3 amide bonds. The highest BCUT2D eigenvalue weighted by atomic mass is 16.5. The predicted molar refractivity (Wildman–Crippen MR) is 103 cm³/mol. The minimum atomic E-state index is -1.26. The molecule has 154 valence electrons. The molecule has 1 aromatic carbocycles. The van der Waals surface area contributed by atoms with E-state index in [1.165, 1.54) is 6.92 Å². The molecule has 1 fully saturated rings. The van der Waals surface area contributed by atoms with Crippen LogP contribution in [0, 0.1) is 5.92 Å². The van der Waals surface area contributed by atoms with E-state index in [0.29, 0.717) is 0 Å². The molecule has 8 nitrogen and oxygen atoms in total. The van der Waals surface area contributed by atoms with Crippen molar-refractivity contribution >= 4 is 17.9 Å². The Labute approximate surface area is 164 Å². The predicted octanol–water partition coefficient (Wildman–Crippen LogP) is 1.21. The maximum Gasteiger partial charge on any atom is 0.408 e. The standard InChI is InChI=1S/C20H29N3O5/c1-13(24)16(23-20(27)28-12-14-8-4-2-5-9-14)19(26)22-17(18(21)25)15-10-6-3-7-11-15/h2,4-5,8-9,13,15-17,24H,3,6-7,10-12H2,1H3,(H2,21,25)(H,22,26)(H,23,27)/t13-,16+,17-/m1/s1. The van der Waals surface area contributed by atoms with E-state index in [1.807, 2.05) is 18.2 Å². The van der Waals surface area contributed by atoms with E-state index in [-0.39, 0.29) is 12.5 Å². The van der Waals surface area contributed by atoms with Crippen LogP contribution < -0.4 is 16.4 Å². The van der Waals surface area contributed by atoms with Crippen LogP contribution >= 0.6 is 0 Å². The lowest BCUT2D eigenvalue weighted by Crippen LogP contribution is -2.58. The molecule has 1 aliphatic rings. The van der Waals surface area contributed by atoms with Crippen LogP contribution in [-0.4, -0.2) is 41.2 Å². The molecule has 1 saturated carbocycles. The van der Waals surface area contributed by atoms with Gasteiger partial charge in [-0.2, -0.15) is 0 Å². The first-order chi connectivity index (χ1) is 13.4. The summed E-state index contributed by atoms with van der Waals surface area (Å²) in [6, 6.07) is 7.00. The van der Waals surface area contributed by atoms with Crippen molar-refractivity contribution < 1.29 is 24.2 Å². The number of amides is 3. The van der Waals surface area contributed by atoms with Crippen LogP contribution in [0.2, 0.25) is 0 Å². The molecule has 0 bridgehead atoms. The number of nitrogens with one attached hydrogen (secondary N) is 2. The van der Waals surface area contributed by atoms with Crippen molar-refractivity contribution in [3.8, 4) is 0 Å². The summed E-state index contributed by atoms with van der Waals surface area (Å²) in [6.45, 7) is 1.41. The summed E-state index contributed by atoms with van der Waals surface area (Å²) in [5.41, 5.74) is 6.27. The number of primary amides is 1. The third-order valence-corrected chi connectivity index (χ3v) is 4.98. The number of ether oxygens (including phenoxy) is 1. The van der Waals surface area contributed by atoms with Crippen molar-refractivity contribution in [2.75, 3.05) is 0 Å². The van der Waals surface area contributed by atoms with Gasteiger partial charge < -0.3 is 26.2 Å². The second-order valence-electron chi connectivity index (χ2n) is 7.21. The summed E-state index contributed by atoms with van der Waals surface area (Å²) in [7, 11) is 0. The van der Waals surface area contributed by atoms with Gasteiger partial charge in [-0.3, -0.25) is 9.59 Å². The lowest BCUT2D eigenvalue weighted by Gasteiger charge is -2.30. The van der Waals surface area contributed by atoms with E-state index in [0.717, 1.165) is 37.7 Å².